The highest BCUT2D eigenvalue weighted by atomic mass is 35.5. The molecule has 0 saturated heterocycles. The third kappa shape index (κ3) is 3.13. The SMILES string of the molecule is Cc1c(Cl)cccc1N=Cc1c(C)c(C#N)c(=O)n(C2CCCC2)c1O. The lowest BCUT2D eigenvalue weighted by Crippen LogP contribution is -2.28. The number of hydrogen-bond donors (Lipinski definition) is 1. The van der Waals surface area contributed by atoms with Gasteiger partial charge in [-0.15, -0.1) is 0 Å². The van der Waals surface area contributed by atoms with Crippen molar-refractivity contribution in [2.24, 2.45) is 4.99 Å². The van der Waals surface area contributed by atoms with Gasteiger partial charge < -0.3 is 5.11 Å². The molecule has 1 N–H and O–H groups in total. The number of aliphatic imine (C=N–C) groups is 1. The molecule has 1 aliphatic carbocycles. The maximum Gasteiger partial charge on any atom is 0.271 e. The summed E-state index contributed by atoms with van der Waals surface area (Å²) >= 11 is 6.13. The van der Waals surface area contributed by atoms with Gasteiger partial charge in [0.15, 0.2) is 0 Å². The van der Waals surface area contributed by atoms with E-state index in [1.165, 1.54) is 10.8 Å². The van der Waals surface area contributed by atoms with E-state index in [1.54, 1.807) is 19.1 Å². The molecule has 1 heterocycles. The molecule has 5 nitrogen and oxygen atoms in total. The van der Waals surface area contributed by atoms with E-state index in [9.17, 15) is 15.2 Å². The largest absolute Gasteiger partial charge is 0.494 e. The number of nitriles is 1. The lowest BCUT2D eigenvalue weighted by Gasteiger charge is -2.19. The molecule has 0 bridgehead atoms. The van der Waals surface area contributed by atoms with Crippen LogP contribution in [0, 0.1) is 25.2 Å². The van der Waals surface area contributed by atoms with E-state index in [0.717, 1.165) is 31.2 Å². The Kier molecular flexibility index (Phi) is 5.15. The number of nitrogens with zero attached hydrogens (tertiary/aromatic N) is 3. The topological polar surface area (TPSA) is 78.4 Å². The number of aromatic nitrogens is 1. The molecule has 3 rings (SSSR count). The number of pyridine rings is 1. The summed E-state index contributed by atoms with van der Waals surface area (Å²) in [4.78, 5) is 17.1. The van der Waals surface area contributed by atoms with Crippen molar-refractivity contribution in [3.8, 4) is 11.9 Å². The molecule has 1 aliphatic rings. The van der Waals surface area contributed by atoms with E-state index in [1.807, 2.05) is 19.1 Å². The molecule has 26 heavy (non-hydrogen) atoms. The summed E-state index contributed by atoms with van der Waals surface area (Å²) in [6.07, 6.45) is 5.18. The summed E-state index contributed by atoms with van der Waals surface area (Å²) in [6.45, 7) is 3.52. The molecule has 134 valence electrons. The van der Waals surface area contributed by atoms with Crippen molar-refractivity contribution in [2.45, 2.75) is 45.6 Å². The van der Waals surface area contributed by atoms with E-state index in [2.05, 4.69) is 4.99 Å². The number of hydrogen-bond acceptors (Lipinski definition) is 4. The molecule has 0 amide bonds. The van der Waals surface area contributed by atoms with Gasteiger partial charge in [0, 0.05) is 17.3 Å². The molecule has 0 atom stereocenters. The zero-order valence-corrected chi connectivity index (χ0v) is 15.5. The third-order valence-electron chi connectivity index (χ3n) is 5.05. The molecule has 1 aromatic heterocycles. The van der Waals surface area contributed by atoms with Gasteiger partial charge in [0.2, 0.25) is 5.88 Å². The van der Waals surface area contributed by atoms with E-state index in [-0.39, 0.29) is 17.5 Å². The Morgan fingerprint density at radius 1 is 1.31 bits per heavy atom. The van der Waals surface area contributed by atoms with Crippen LogP contribution in [0.3, 0.4) is 0 Å². The second kappa shape index (κ2) is 7.35. The summed E-state index contributed by atoms with van der Waals surface area (Å²) < 4.78 is 1.37. The van der Waals surface area contributed by atoms with Gasteiger partial charge in [-0.3, -0.25) is 14.4 Å². The fraction of sp³-hybridized carbons (Fsp3) is 0.350. The van der Waals surface area contributed by atoms with Crippen LogP contribution >= 0.6 is 11.6 Å². The zero-order chi connectivity index (χ0) is 18.8. The van der Waals surface area contributed by atoms with Crippen LogP contribution < -0.4 is 5.56 Å². The predicted octanol–water partition coefficient (Wildman–Crippen LogP) is 4.56. The molecule has 1 aromatic carbocycles. The van der Waals surface area contributed by atoms with Crippen molar-refractivity contribution in [3.05, 3.63) is 55.8 Å². The minimum atomic E-state index is -0.425. The Morgan fingerprint density at radius 3 is 2.65 bits per heavy atom. The number of aromatic hydroxyl groups is 1. The molecule has 0 aliphatic heterocycles. The average Bonchev–Trinajstić information content (AvgIpc) is 3.13. The Bertz CT molecular complexity index is 980. The summed E-state index contributed by atoms with van der Waals surface area (Å²) in [6, 6.07) is 7.32. The highest BCUT2D eigenvalue weighted by Crippen LogP contribution is 2.33. The Labute approximate surface area is 157 Å². The summed E-state index contributed by atoms with van der Waals surface area (Å²) in [5.74, 6) is -0.123. The van der Waals surface area contributed by atoms with Gasteiger partial charge in [-0.1, -0.05) is 30.5 Å². The van der Waals surface area contributed by atoms with Gasteiger partial charge >= 0.3 is 0 Å². The minimum absolute atomic E-state index is 0.0546. The molecule has 0 unspecified atom stereocenters. The lowest BCUT2D eigenvalue weighted by atomic mass is 10.0. The van der Waals surface area contributed by atoms with E-state index < -0.39 is 5.56 Å². The van der Waals surface area contributed by atoms with Crippen molar-refractivity contribution in [1.29, 1.82) is 5.26 Å². The van der Waals surface area contributed by atoms with Crippen LogP contribution in [-0.2, 0) is 0 Å². The third-order valence-corrected chi connectivity index (χ3v) is 5.46. The molecular formula is C20H20ClN3O2. The number of rotatable bonds is 3. The standard InChI is InChI=1S/C20H20ClN3O2/c1-12-15(10-22)19(25)24(14-6-3-4-7-14)20(26)16(12)11-23-18-9-5-8-17(21)13(18)2/h5,8-9,11,14,26H,3-4,6-7H2,1-2H3. The molecule has 2 aromatic rings. The summed E-state index contributed by atoms with van der Waals surface area (Å²) in [7, 11) is 0. The van der Waals surface area contributed by atoms with Crippen molar-refractivity contribution in [2.75, 3.05) is 0 Å². The zero-order valence-electron chi connectivity index (χ0n) is 14.8. The van der Waals surface area contributed by atoms with E-state index in [0.29, 0.717) is 21.8 Å². The molecule has 0 spiro atoms. The van der Waals surface area contributed by atoms with Crippen LogP contribution in [-0.4, -0.2) is 15.9 Å². The van der Waals surface area contributed by atoms with Crippen LogP contribution in [0.1, 0.15) is 54.0 Å². The van der Waals surface area contributed by atoms with Gasteiger partial charge in [0.1, 0.15) is 11.6 Å². The van der Waals surface area contributed by atoms with Crippen LogP contribution in [0.2, 0.25) is 5.02 Å². The maximum atomic E-state index is 12.7. The summed E-state index contributed by atoms with van der Waals surface area (Å²) in [5.41, 5.74) is 1.96. The Hall–Kier alpha value is -2.58. The van der Waals surface area contributed by atoms with Gasteiger partial charge in [0.05, 0.1) is 11.3 Å². The van der Waals surface area contributed by atoms with Gasteiger partial charge in [-0.25, -0.2) is 0 Å². The molecule has 1 fully saturated rings. The maximum absolute atomic E-state index is 12.7. The number of halogens is 1. The fourth-order valence-electron chi connectivity index (χ4n) is 3.47. The average molecular weight is 370 g/mol. The quantitative estimate of drug-likeness (QED) is 0.805. The summed E-state index contributed by atoms with van der Waals surface area (Å²) in [5, 5.41) is 20.8. The van der Waals surface area contributed by atoms with E-state index >= 15 is 0 Å². The van der Waals surface area contributed by atoms with Gasteiger partial charge in [-0.05, 0) is 49.9 Å². The molecule has 0 radical (unpaired) electrons. The van der Waals surface area contributed by atoms with Crippen molar-refractivity contribution < 1.29 is 5.11 Å². The molecular weight excluding hydrogens is 350 g/mol. The highest BCUT2D eigenvalue weighted by molar-refractivity contribution is 6.31. The van der Waals surface area contributed by atoms with Crippen LogP contribution in [0.25, 0.3) is 0 Å². The Morgan fingerprint density at radius 2 is 2.00 bits per heavy atom. The second-order valence-corrected chi connectivity index (χ2v) is 7.01. The first-order chi connectivity index (χ1) is 12.5. The van der Waals surface area contributed by atoms with Gasteiger partial charge in [0.25, 0.3) is 5.56 Å². The first-order valence-corrected chi connectivity index (χ1v) is 9.00. The first kappa shape index (κ1) is 18.2. The van der Waals surface area contributed by atoms with Crippen molar-refractivity contribution >= 4 is 23.5 Å². The normalized spacial score (nSPS) is 14.8. The smallest absolute Gasteiger partial charge is 0.271 e. The van der Waals surface area contributed by atoms with Crippen molar-refractivity contribution in [3.63, 3.8) is 0 Å². The molecule has 6 heteroatoms. The van der Waals surface area contributed by atoms with Crippen LogP contribution in [0.5, 0.6) is 5.88 Å². The lowest BCUT2D eigenvalue weighted by molar-refractivity contribution is 0.368. The minimum Gasteiger partial charge on any atom is -0.494 e. The Balaban J connectivity index is 2.16. The van der Waals surface area contributed by atoms with E-state index in [4.69, 9.17) is 11.6 Å². The predicted molar refractivity (Wildman–Crippen MR) is 103 cm³/mol. The second-order valence-electron chi connectivity index (χ2n) is 6.60. The highest BCUT2D eigenvalue weighted by Gasteiger charge is 2.25. The van der Waals surface area contributed by atoms with Gasteiger partial charge in [-0.2, -0.15) is 5.26 Å². The fourth-order valence-corrected chi connectivity index (χ4v) is 3.64. The van der Waals surface area contributed by atoms with Crippen LogP contribution in [0.15, 0.2) is 28.0 Å². The molecule has 1 saturated carbocycles. The van der Waals surface area contributed by atoms with Crippen LogP contribution in [0.4, 0.5) is 5.69 Å². The first-order valence-electron chi connectivity index (χ1n) is 8.63. The monoisotopic (exact) mass is 369 g/mol. The number of benzene rings is 1. The van der Waals surface area contributed by atoms with Crippen molar-refractivity contribution in [1.82, 2.24) is 4.57 Å².